The largest absolute Gasteiger partial charge is 0.485 e. The molecule has 1 saturated carbocycles. The molecule has 20 heavy (non-hydrogen) atoms. The highest BCUT2D eigenvalue weighted by molar-refractivity contribution is 5.30. The summed E-state index contributed by atoms with van der Waals surface area (Å²) in [6, 6.07) is 4.35. The van der Waals surface area contributed by atoms with Gasteiger partial charge in [0, 0.05) is 17.5 Å². The SMILES string of the molecule is CC(O)c1ccc(OCc2noc(C3CC3)n2)cc1F. The summed E-state index contributed by atoms with van der Waals surface area (Å²) in [5, 5.41) is 13.2. The summed E-state index contributed by atoms with van der Waals surface area (Å²) in [4.78, 5) is 4.22. The van der Waals surface area contributed by atoms with E-state index >= 15 is 0 Å². The van der Waals surface area contributed by atoms with Gasteiger partial charge >= 0.3 is 0 Å². The molecule has 106 valence electrons. The van der Waals surface area contributed by atoms with Gasteiger partial charge in [0.1, 0.15) is 11.6 Å². The van der Waals surface area contributed by atoms with Crippen molar-refractivity contribution in [1.29, 1.82) is 0 Å². The monoisotopic (exact) mass is 278 g/mol. The lowest BCUT2D eigenvalue weighted by atomic mass is 10.1. The third kappa shape index (κ3) is 2.80. The van der Waals surface area contributed by atoms with E-state index in [1.807, 2.05) is 0 Å². The highest BCUT2D eigenvalue weighted by Gasteiger charge is 2.29. The first-order valence-electron chi connectivity index (χ1n) is 6.56. The minimum absolute atomic E-state index is 0.129. The molecule has 1 aliphatic rings. The molecule has 0 bridgehead atoms. The molecule has 0 saturated heterocycles. The molecule has 0 amide bonds. The molecule has 1 unspecified atom stereocenters. The van der Waals surface area contributed by atoms with E-state index in [-0.39, 0.29) is 12.2 Å². The molecule has 1 aliphatic carbocycles. The fourth-order valence-electron chi connectivity index (χ4n) is 1.91. The second kappa shape index (κ2) is 5.20. The Morgan fingerprint density at radius 3 is 2.95 bits per heavy atom. The van der Waals surface area contributed by atoms with Crippen LogP contribution in [0.5, 0.6) is 5.75 Å². The average molecular weight is 278 g/mol. The summed E-state index contributed by atoms with van der Waals surface area (Å²) in [6.45, 7) is 1.64. The third-order valence-corrected chi connectivity index (χ3v) is 3.20. The highest BCUT2D eigenvalue weighted by atomic mass is 19.1. The Morgan fingerprint density at radius 1 is 1.50 bits per heavy atom. The minimum atomic E-state index is -0.845. The van der Waals surface area contributed by atoms with Crippen LogP contribution in [0.1, 0.15) is 49.1 Å². The van der Waals surface area contributed by atoms with Crippen LogP contribution in [0, 0.1) is 5.82 Å². The third-order valence-electron chi connectivity index (χ3n) is 3.20. The van der Waals surface area contributed by atoms with Gasteiger partial charge in [-0.3, -0.25) is 0 Å². The van der Waals surface area contributed by atoms with Crippen LogP contribution in [-0.4, -0.2) is 15.2 Å². The number of halogens is 1. The van der Waals surface area contributed by atoms with Crippen molar-refractivity contribution in [3.8, 4) is 5.75 Å². The standard InChI is InChI=1S/C14H15FN2O3/c1-8(18)11-5-4-10(6-12(11)15)19-7-13-16-14(20-17-13)9-2-3-9/h4-6,8-9,18H,2-3,7H2,1H3. The van der Waals surface area contributed by atoms with Gasteiger partial charge in [-0.05, 0) is 31.9 Å². The van der Waals surface area contributed by atoms with E-state index in [4.69, 9.17) is 9.26 Å². The van der Waals surface area contributed by atoms with Crippen LogP contribution in [0.25, 0.3) is 0 Å². The van der Waals surface area contributed by atoms with Crippen molar-refractivity contribution in [2.45, 2.75) is 38.4 Å². The smallest absolute Gasteiger partial charge is 0.229 e. The van der Waals surface area contributed by atoms with Crippen molar-refractivity contribution >= 4 is 0 Å². The molecular formula is C14H15FN2O3. The van der Waals surface area contributed by atoms with E-state index in [1.165, 1.54) is 19.1 Å². The first-order chi connectivity index (χ1) is 9.63. The van der Waals surface area contributed by atoms with Crippen LogP contribution in [-0.2, 0) is 6.61 Å². The van der Waals surface area contributed by atoms with Crippen molar-refractivity contribution in [1.82, 2.24) is 10.1 Å². The fourth-order valence-corrected chi connectivity index (χ4v) is 1.91. The lowest BCUT2D eigenvalue weighted by Gasteiger charge is -2.08. The number of aromatic nitrogens is 2. The van der Waals surface area contributed by atoms with E-state index in [0.29, 0.717) is 23.4 Å². The highest BCUT2D eigenvalue weighted by Crippen LogP contribution is 2.38. The van der Waals surface area contributed by atoms with Gasteiger partial charge in [-0.15, -0.1) is 0 Å². The number of benzene rings is 1. The van der Waals surface area contributed by atoms with Crippen molar-refractivity contribution in [3.05, 3.63) is 41.3 Å². The lowest BCUT2D eigenvalue weighted by molar-refractivity contribution is 0.193. The minimum Gasteiger partial charge on any atom is -0.485 e. The number of hydrogen-bond acceptors (Lipinski definition) is 5. The van der Waals surface area contributed by atoms with Gasteiger partial charge in [0.2, 0.25) is 11.7 Å². The summed E-state index contributed by atoms with van der Waals surface area (Å²) in [7, 11) is 0. The second-order valence-corrected chi connectivity index (χ2v) is 4.97. The van der Waals surface area contributed by atoms with Crippen molar-refractivity contribution in [3.63, 3.8) is 0 Å². The van der Waals surface area contributed by atoms with E-state index in [2.05, 4.69) is 10.1 Å². The first kappa shape index (κ1) is 13.1. The molecule has 6 heteroatoms. The van der Waals surface area contributed by atoms with Gasteiger partial charge in [0.15, 0.2) is 6.61 Å². The molecule has 0 spiro atoms. The van der Waals surface area contributed by atoms with Crippen molar-refractivity contribution in [2.75, 3.05) is 0 Å². The van der Waals surface area contributed by atoms with Gasteiger partial charge in [-0.1, -0.05) is 5.16 Å². The van der Waals surface area contributed by atoms with Crippen LogP contribution < -0.4 is 4.74 Å². The number of aliphatic hydroxyl groups is 1. The van der Waals surface area contributed by atoms with Gasteiger partial charge in [-0.2, -0.15) is 4.98 Å². The number of rotatable bonds is 5. The molecule has 2 aromatic rings. The fraction of sp³-hybridized carbons (Fsp3) is 0.429. The van der Waals surface area contributed by atoms with Gasteiger partial charge in [0.25, 0.3) is 0 Å². The Bertz CT molecular complexity index is 608. The molecule has 1 fully saturated rings. The van der Waals surface area contributed by atoms with Gasteiger partial charge in [0.05, 0.1) is 6.10 Å². The van der Waals surface area contributed by atoms with Crippen molar-refractivity contribution in [2.24, 2.45) is 0 Å². The van der Waals surface area contributed by atoms with Crippen LogP contribution in [0.4, 0.5) is 4.39 Å². The van der Waals surface area contributed by atoms with Crippen LogP contribution in [0.2, 0.25) is 0 Å². The molecule has 3 rings (SSSR count). The summed E-state index contributed by atoms with van der Waals surface area (Å²) in [6.07, 6.45) is 1.34. The van der Waals surface area contributed by atoms with Crippen molar-refractivity contribution < 1.29 is 18.8 Å². The topological polar surface area (TPSA) is 68.4 Å². The average Bonchev–Trinajstić information content (AvgIpc) is 3.15. The van der Waals surface area contributed by atoms with Gasteiger partial charge in [-0.25, -0.2) is 4.39 Å². The number of ether oxygens (including phenoxy) is 1. The number of aliphatic hydroxyl groups excluding tert-OH is 1. The summed E-state index contributed by atoms with van der Waals surface area (Å²) >= 11 is 0. The molecule has 0 aliphatic heterocycles. The molecule has 1 aromatic heterocycles. The zero-order chi connectivity index (χ0) is 14.1. The second-order valence-electron chi connectivity index (χ2n) is 4.97. The van der Waals surface area contributed by atoms with Gasteiger partial charge < -0.3 is 14.4 Å². The van der Waals surface area contributed by atoms with E-state index < -0.39 is 11.9 Å². The molecule has 1 atom stereocenters. The zero-order valence-electron chi connectivity index (χ0n) is 11.0. The normalized spacial score (nSPS) is 16.1. The maximum Gasteiger partial charge on any atom is 0.229 e. The Morgan fingerprint density at radius 2 is 2.30 bits per heavy atom. The summed E-state index contributed by atoms with van der Waals surface area (Å²) < 4.78 is 24.2. The van der Waals surface area contributed by atoms with E-state index in [1.54, 1.807) is 6.07 Å². The molecule has 0 radical (unpaired) electrons. The number of hydrogen-bond donors (Lipinski definition) is 1. The quantitative estimate of drug-likeness (QED) is 0.910. The van der Waals surface area contributed by atoms with E-state index in [0.717, 1.165) is 12.8 Å². The molecule has 5 nitrogen and oxygen atoms in total. The summed E-state index contributed by atoms with van der Waals surface area (Å²) in [5.74, 6) is 1.37. The zero-order valence-corrected chi connectivity index (χ0v) is 11.0. The maximum absolute atomic E-state index is 13.7. The Labute approximate surface area is 115 Å². The van der Waals surface area contributed by atoms with Crippen LogP contribution >= 0.6 is 0 Å². The lowest BCUT2D eigenvalue weighted by Crippen LogP contribution is -2.00. The Kier molecular flexibility index (Phi) is 3.40. The molecular weight excluding hydrogens is 263 g/mol. The predicted octanol–water partition coefficient (Wildman–Crippen LogP) is 2.72. The van der Waals surface area contributed by atoms with E-state index in [9.17, 15) is 9.50 Å². The molecule has 1 heterocycles. The summed E-state index contributed by atoms with van der Waals surface area (Å²) in [5.41, 5.74) is 0.243. The Balaban J connectivity index is 1.63. The first-order valence-corrected chi connectivity index (χ1v) is 6.56. The maximum atomic E-state index is 13.7. The predicted molar refractivity (Wildman–Crippen MR) is 67.6 cm³/mol. The molecule has 1 N–H and O–H groups in total. The molecule has 1 aromatic carbocycles. The Hall–Kier alpha value is -1.95. The van der Waals surface area contributed by atoms with Crippen LogP contribution in [0.3, 0.4) is 0 Å². The van der Waals surface area contributed by atoms with Crippen LogP contribution in [0.15, 0.2) is 22.7 Å². The number of nitrogens with zero attached hydrogens (tertiary/aromatic N) is 2.